The van der Waals surface area contributed by atoms with Gasteiger partial charge in [0.25, 0.3) is 11.2 Å². The van der Waals surface area contributed by atoms with Crippen molar-refractivity contribution in [1.82, 2.24) is 9.78 Å². The molecular formula is C18H15N3O4. The minimum absolute atomic E-state index is 0.0309. The molecule has 3 aromatic rings. The van der Waals surface area contributed by atoms with Gasteiger partial charge in [-0.05, 0) is 17.2 Å². The van der Waals surface area contributed by atoms with Gasteiger partial charge in [-0.3, -0.25) is 14.9 Å². The highest BCUT2D eigenvalue weighted by Gasteiger charge is 2.09. The largest absolute Gasteiger partial charge is 0.392 e. The van der Waals surface area contributed by atoms with E-state index in [0.29, 0.717) is 11.3 Å². The molecule has 7 heteroatoms. The van der Waals surface area contributed by atoms with Crippen LogP contribution in [-0.2, 0) is 13.2 Å². The molecular weight excluding hydrogens is 322 g/mol. The molecule has 0 aliphatic carbocycles. The number of aromatic nitrogens is 2. The Morgan fingerprint density at radius 2 is 1.76 bits per heavy atom. The zero-order valence-corrected chi connectivity index (χ0v) is 13.2. The molecule has 126 valence electrons. The Morgan fingerprint density at radius 3 is 2.44 bits per heavy atom. The molecule has 1 aromatic heterocycles. The summed E-state index contributed by atoms with van der Waals surface area (Å²) in [6.07, 6.45) is 0. The van der Waals surface area contributed by atoms with Gasteiger partial charge in [-0.2, -0.15) is 5.10 Å². The molecule has 0 saturated carbocycles. The van der Waals surface area contributed by atoms with E-state index in [1.807, 2.05) is 12.1 Å². The number of nitrogens with zero attached hydrogens (tertiary/aromatic N) is 3. The highest BCUT2D eigenvalue weighted by molar-refractivity contribution is 5.61. The maximum atomic E-state index is 12.1. The smallest absolute Gasteiger partial charge is 0.270 e. The third-order valence-electron chi connectivity index (χ3n) is 3.76. The second-order valence-corrected chi connectivity index (χ2v) is 5.50. The summed E-state index contributed by atoms with van der Waals surface area (Å²) in [7, 11) is 0. The maximum Gasteiger partial charge on any atom is 0.270 e. The second kappa shape index (κ2) is 7.06. The summed E-state index contributed by atoms with van der Waals surface area (Å²) in [4.78, 5) is 22.5. The van der Waals surface area contributed by atoms with Gasteiger partial charge in [0.1, 0.15) is 0 Å². The number of hydrogen-bond acceptors (Lipinski definition) is 5. The minimum Gasteiger partial charge on any atom is -0.392 e. The fourth-order valence-corrected chi connectivity index (χ4v) is 2.42. The van der Waals surface area contributed by atoms with E-state index in [-0.39, 0.29) is 24.4 Å². The Labute approximate surface area is 143 Å². The SMILES string of the molecule is O=c1ccc(-c2cccc([N+](=O)[O-])c2)nn1Cc1ccc(CO)cc1. The van der Waals surface area contributed by atoms with Crippen molar-refractivity contribution in [2.24, 2.45) is 0 Å². The molecule has 2 aromatic carbocycles. The molecule has 0 aliphatic rings. The molecule has 0 fully saturated rings. The summed E-state index contributed by atoms with van der Waals surface area (Å²) in [5.41, 5.74) is 2.41. The quantitative estimate of drug-likeness (QED) is 0.569. The number of non-ortho nitro benzene ring substituents is 1. The predicted molar refractivity (Wildman–Crippen MR) is 92.1 cm³/mol. The molecule has 25 heavy (non-hydrogen) atoms. The summed E-state index contributed by atoms with van der Waals surface area (Å²) < 4.78 is 1.31. The molecule has 0 atom stereocenters. The first-order valence-corrected chi connectivity index (χ1v) is 7.58. The summed E-state index contributed by atoms with van der Waals surface area (Å²) >= 11 is 0. The second-order valence-electron chi connectivity index (χ2n) is 5.50. The van der Waals surface area contributed by atoms with Gasteiger partial charge in [0.2, 0.25) is 0 Å². The normalized spacial score (nSPS) is 10.6. The van der Waals surface area contributed by atoms with Gasteiger partial charge in [0, 0.05) is 23.8 Å². The number of hydrogen-bond donors (Lipinski definition) is 1. The highest BCUT2D eigenvalue weighted by Crippen LogP contribution is 2.21. The summed E-state index contributed by atoms with van der Waals surface area (Å²) in [6.45, 7) is 0.230. The maximum absolute atomic E-state index is 12.1. The third-order valence-corrected chi connectivity index (χ3v) is 3.76. The Balaban J connectivity index is 1.93. The van der Waals surface area contributed by atoms with Crippen LogP contribution in [0.4, 0.5) is 5.69 Å². The van der Waals surface area contributed by atoms with Crippen LogP contribution in [-0.4, -0.2) is 19.8 Å². The lowest BCUT2D eigenvalue weighted by Gasteiger charge is -2.08. The van der Waals surface area contributed by atoms with Crippen LogP contribution in [0.25, 0.3) is 11.3 Å². The Kier molecular flexibility index (Phi) is 4.67. The van der Waals surface area contributed by atoms with Crippen molar-refractivity contribution in [3.63, 3.8) is 0 Å². The molecule has 0 spiro atoms. The summed E-state index contributed by atoms with van der Waals surface area (Å²) in [6, 6.07) is 16.3. The lowest BCUT2D eigenvalue weighted by atomic mass is 10.1. The van der Waals surface area contributed by atoms with E-state index in [2.05, 4.69) is 5.10 Å². The van der Waals surface area contributed by atoms with Gasteiger partial charge in [-0.1, -0.05) is 36.4 Å². The number of rotatable bonds is 5. The van der Waals surface area contributed by atoms with Crippen molar-refractivity contribution in [3.05, 3.63) is 92.3 Å². The molecule has 1 heterocycles. The molecule has 0 saturated heterocycles. The van der Waals surface area contributed by atoms with E-state index in [4.69, 9.17) is 5.11 Å². The van der Waals surface area contributed by atoms with Crippen LogP contribution in [0.2, 0.25) is 0 Å². The van der Waals surface area contributed by atoms with Crippen molar-refractivity contribution < 1.29 is 10.0 Å². The van der Waals surface area contributed by atoms with Gasteiger partial charge in [-0.15, -0.1) is 0 Å². The van der Waals surface area contributed by atoms with Crippen molar-refractivity contribution >= 4 is 5.69 Å². The van der Waals surface area contributed by atoms with Gasteiger partial charge in [0.15, 0.2) is 0 Å². The fraction of sp³-hybridized carbons (Fsp3) is 0.111. The van der Waals surface area contributed by atoms with Gasteiger partial charge < -0.3 is 5.11 Å². The van der Waals surface area contributed by atoms with Crippen molar-refractivity contribution in [2.45, 2.75) is 13.2 Å². The first kappa shape index (κ1) is 16.5. The van der Waals surface area contributed by atoms with E-state index in [0.717, 1.165) is 11.1 Å². The van der Waals surface area contributed by atoms with E-state index in [1.165, 1.54) is 22.9 Å². The zero-order chi connectivity index (χ0) is 17.8. The van der Waals surface area contributed by atoms with Crippen LogP contribution in [0.1, 0.15) is 11.1 Å². The molecule has 0 bridgehead atoms. The molecule has 3 rings (SSSR count). The third kappa shape index (κ3) is 3.78. The zero-order valence-electron chi connectivity index (χ0n) is 13.2. The van der Waals surface area contributed by atoms with Crippen molar-refractivity contribution in [3.8, 4) is 11.3 Å². The molecule has 0 amide bonds. The first-order valence-electron chi connectivity index (χ1n) is 7.58. The van der Waals surface area contributed by atoms with E-state index in [1.54, 1.807) is 30.3 Å². The molecule has 0 aliphatic heterocycles. The van der Waals surface area contributed by atoms with Crippen LogP contribution in [0.5, 0.6) is 0 Å². The molecule has 0 radical (unpaired) electrons. The first-order chi connectivity index (χ1) is 12.1. The number of aliphatic hydroxyl groups is 1. The van der Waals surface area contributed by atoms with E-state index >= 15 is 0 Å². The van der Waals surface area contributed by atoms with Crippen molar-refractivity contribution in [2.75, 3.05) is 0 Å². The number of nitro benzene ring substituents is 1. The topological polar surface area (TPSA) is 98.3 Å². The van der Waals surface area contributed by atoms with Gasteiger partial charge in [0.05, 0.1) is 23.8 Å². The van der Waals surface area contributed by atoms with Crippen LogP contribution < -0.4 is 5.56 Å². The lowest BCUT2D eigenvalue weighted by Crippen LogP contribution is -2.22. The Morgan fingerprint density at radius 1 is 1.04 bits per heavy atom. The number of nitro groups is 1. The molecule has 7 nitrogen and oxygen atoms in total. The van der Waals surface area contributed by atoms with Crippen LogP contribution in [0, 0.1) is 10.1 Å². The summed E-state index contributed by atoms with van der Waals surface area (Å²) in [5, 5.41) is 24.3. The van der Waals surface area contributed by atoms with Crippen LogP contribution in [0.15, 0.2) is 65.5 Å². The highest BCUT2D eigenvalue weighted by atomic mass is 16.6. The van der Waals surface area contributed by atoms with Gasteiger partial charge in [-0.25, -0.2) is 4.68 Å². The standard InChI is InChI=1S/C18H15N3O4/c22-12-14-6-4-13(5-7-14)11-20-18(23)9-8-17(19-20)15-2-1-3-16(10-15)21(24)25/h1-10,22H,11-12H2. The average molecular weight is 337 g/mol. The number of aliphatic hydroxyl groups excluding tert-OH is 1. The molecule has 0 unspecified atom stereocenters. The predicted octanol–water partition coefficient (Wildman–Crippen LogP) is 2.36. The monoisotopic (exact) mass is 337 g/mol. The van der Waals surface area contributed by atoms with Crippen LogP contribution in [0.3, 0.4) is 0 Å². The van der Waals surface area contributed by atoms with E-state index < -0.39 is 4.92 Å². The number of benzene rings is 2. The van der Waals surface area contributed by atoms with Crippen molar-refractivity contribution in [1.29, 1.82) is 0 Å². The Bertz CT molecular complexity index is 965. The fourth-order valence-electron chi connectivity index (χ4n) is 2.42. The minimum atomic E-state index is -0.470. The molecule has 1 N–H and O–H groups in total. The van der Waals surface area contributed by atoms with Gasteiger partial charge >= 0.3 is 0 Å². The Hall–Kier alpha value is -3.32. The lowest BCUT2D eigenvalue weighted by molar-refractivity contribution is -0.384. The van der Waals surface area contributed by atoms with E-state index in [9.17, 15) is 14.9 Å². The van der Waals surface area contributed by atoms with Crippen LogP contribution >= 0.6 is 0 Å². The average Bonchev–Trinajstić information content (AvgIpc) is 2.64. The summed E-state index contributed by atoms with van der Waals surface area (Å²) in [5.74, 6) is 0.